The summed E-state index contributed by atoms with van der Waals surface area (Å²) in [6, 6.07) is 13.4. The van der Waals surface area contributed by atoms with Gasteiger partial charge in [-0.25, -0.2) is 4.68 Å². The standard InChI is InChI=1S/C23H24N4O3/c1-14-7-5-6-8-18(14)12-30-19-10-9-17(11-20(19)29-4)22-21(16(3)28)15(2)26-23-24-13-25-27(22)23/h5-11,13,22H,12H2,1-4H3,(H,24,25,26)/t22-/m1/s1. The zero-order valence-corrected chi connectivity index (χ0v) is 17.5. The van der Waals surface area contributed by atoms with Gasteiger partial charge in [-0.15, -0.1) is 0 Å². The highest BCUT2D eigenvalue weighted by Crippen LogP contribution is 2.38. The highest BCUT2D eigenvalue weighted by atomic mass is 16.5. The van der Waals surface area contributed by atoms with E-state index in [4.69, 9.17) is 9.47 Å². The summed E-state index contributed by atoms with van der Waals surface area (Å²) < 4.78 is 13.4. The van der Waals surface area contributed by atoms with E-state index in [9.17, 15) is 4.79 Å². The minimum atomic E-state index is -0.388. The fourth-order valence-electron chi connectivity index (χ4n) is 3.76. The van der Waals surface area contributed by atoms with Gasteiger partial charge in [-0.2, -0.15) is 10.1 Å². The van der Waals surface area contributed by atoms with Crippen molar-refractivity contribution in [2.75, 3.05) is 12.4 Å². The van der Waals surface area contributed by atoms with Crippen LogP contribution in [0.3, 0.4) is 0 Å². The first-order valence-electron chi connectivity index (χ1n) is 9.73. The summed E-state index contributed by atoms with van der Waals surface area (Å²) in [5, 5.41) is 7.48. The number of ether oxygens (including phenoxy) is 2. The van der Waals surface area contributed by atoms with Gasteiger partial charge in [0.2, 0.25) is 5.95 Å². The van der Waals surface area contributed by atoms with Crippen LogP contribution in [-0.4, -0.2) is 27.7 Å². The fraction of sp³-hybridized carbons (Fsp3) is 0.261. The first-order valence-corrected chi connectivity index (χ1v) is 9.73. The molecule has 1 N–H and O–H groups in total. The molecule has 1 aliphatic heterocycles. The molecule has 1 aromatic heterocycles. The number of hydrogen-bond donors (Lipinski definition) is 1. The largest absolute Gasteiger partial charge is 0.493 e. The lowest BCUT2D eigenvalue weighted by Gasteiger charge is -2.28. The molecular weight excluding hydrogens is 380 g/mol. The highest BCUT2D eigenvalue weighted by molar-refractivity contribution is 5.96. The van der Waals surface area contributed by atoms with Gasteiger partial charge in [-0.05, 0) is 49.6 Å². The van der Waals surface area contributed by atoms with E-state index in [2.05, 4.69) is 28.4 Å². The average Bonchev–Trinajstić information content (AvgIpc) is 3.20. The average molecular weight is 404 g/mol. The molecular formula is C23H24N4O3. The molecule has 0 saturated carbocycles. The quantitative estimate of drug-likeness (QED) is 0.668. The number of methoxy groups -OCH3 is 1. The van der Waals surface area contributed by atoms with Crippen LogP contribution in [0.15, 0.2) is 60.1 Å². The number of ketones is 1. The molecule has 4 rings (SSSR count). The third-order valence-electron chi connectivity index (χ3n) is 5.32. The molecule has 154 valence electrons. The van der Waals surface area contributed by atoms with E-state index in [1.54, 1.807) is 18.7 Å². The Balaban J connectivity index is 1.69. The van der Waals surface area contributed by atoms with Gasteiger partial charge in [0.1, 0.15) is 19.0 Å². The number of allylic oxidation sites excluding steroid dienone is 2. The maximum atomic E-state index is 12.4. The number of hydrogen-bond acceptors (Lipinski definition) is 6. The Morgan fingerprint density at radius 1 is 1.17 bits per heavy atom. The molecule has 0 spiro atoms. The van der Waals surface area contributed by atoms with Crippen LogP contribution in [-0.2, 0) is 11.4 Å². The number of carbonyl (C=O) groups excluding carboxylic acids is 1. The van der Waals surface area contributed by atoms with Crippen LogP contribution in [0.4, 0.5) is 5.95 Å². The normalized spacial score (nSPS) is 15.4. The number of benzene rings is 2. The molecule has 0 amide bonds. The summed E-state index contributed by atoms with van der Waals surface area (Å²) in [5.41, 5.74) is 4.57. The topological polar surface area (TPSA) is 78.3 Å². The molecule has 1 atom stereocenters. The Morgan fingerprint density at radius 3 is 2.70 bits per heavy atom. The maximum absolute atomic E-state index is 12.4. The summed E-state index contributed by atoms with van der Waals surface area (Å²) in [7, 11) is 1.61. The molecule has 0 saturated heterocycles. The number of nitrogens with one attached hydrogen (secondary N) is 1. The second-order valence-electron chi connectivity index (χ2n) is 7.28. The van der Waals surface area contributed by atoms with Gasteiger partial charge in [-0.3, -0.25) is 4.79 Å². The van der Waals surface area contributed by atoms with Crippen molar-refractivity contribution in [2.24, 2.45) is 0 Å². The van der Waals surface area contributed by atoms with E-state index >= 15 is 0 Å². The number of carbonyl (C=O) groups is 1. The maximum Gasteiger partial charge on any atom is 0.226 e. The SMILES string of the molecule is COc1cc([C@@H]2C(C(C)=O)=C(C)Nc3ncnn32)ccc1OCc1ccccc1C. The molecule has 1 aliphatic rings. The number of rotatable bonds is 6. The van der Waals surface area contributed by atoms with Crippen molar-refractivity contribution >= 4 is 11.7 Å². The van der Waals surface area contributed by atoms with Gasteiger partial charge in [0.15, 0.2) is 17.3 Å². The van der Waals surface area contributed by atoms with Crippen LogP contribution < -0.4 is 14.8 Å². The van der Waals surface area contributed by atoms with Gasteiger partial charge in [0.05, 0.1) is 7.11 Å². The number of fused-ring (bicyclic) bond motifs is 1. The molecule has 7 heteroatoms. The van der Waals surface area contributed by atoms with Gasteiger partial charge < -0.3 is 14.8 Å². The third-order valence-corrected chi connectivity index (χ3v) is 5.32. The fourth-order valence-corrected chi connectivity index (χ4v) is 3.76. The lowest BCUT2D eigenvalue weighted by molar-refractivity contribution is -0.114. The van der Waals surface area contributed by atoms with Gasteiger partial charge in [0, 0.05) is 11.3 Å². The number of aromatic nitrogens is 3. The summed E-state index contributed by atoms with van der Waals surface area (Å²) in [5.74, 6) is 1.82. The van der Waals surface area contributed by atoms with Crippen LogP contribution >= 0.6 is 0 Å². The van der Waals surface area contributed by atoms with Gasteiger partial charge >= 0.3 is 0 Å². The van der Waals surface area contributed by atoms with Gasteiger partial charge in [-0.1, -0.05) is 30.3 Å². The van der Waals surface area contributed by atoms with Crippen LogP contribution in [0, 0.1) is 6.92 Å². The Bertz CT molecular complexity index is 1130. The minimum Gasteiger partial charge on any atom is -0.493 e. The molecule has 3 aromatic rings. The van der Waals surface area contributed by atoms with E-state index in [1.165, 1.54) is 11.9 Å². The van der Waals surface area contributed by atoms with Gasteiger partial charge in [0.25, 0.3) is 0 Å². The molecule has 0 unspecified atom stereocenters. The number of Topliss-reactive ketones (excluding diaryl/α,β-unsaturated/α-hetero) is 1. The Hall–Kier alpha value is -3.61. The Morgan fingerprint density at radius 2 is 1.97 bits per heavy atom. The first-order chi connectivity index (χ1) is 14.5. The van der Waals surface area contributed by atoms with Crippen LogP contribution in [0.5, 0.6) is 11.5 Å². The zero-order chi connectivity index (χ0) is 21.3. The molecule has 0 bridgehead atoms. The second-order valence-corrected chi connectivity index (χ2v) is 7.28. The molecule has 0 fully saturated rings. The van der Waals surface area contributed by atoms with Crippen molar-refractivity contribution in [2.45, 2.75) is 33.4 Å². The molecule has 2 aromatic carbocycles. The monoisotopic (exact) mass is 404 g/mol. The summed E-state index contributed by atoms with van der Waals surface area (Å²) >= 11 is 0. The predicted octanol–water partition coefficient (Wildman–Crippen LogP) is 4.05. The Kier molecular flexibility index (Phi) is 5.27. The summed E-state index contributed by atoms with van der Waals surface area (Å²) in [4.78, 5) is 16.7. The molecule has 2 heterocycles. The van der Waals surface area contributed by atoms with Crippen LogP contribution in [0.25, 0.3) is 0 Å². The Labute approximate surface area is 175 Å². The van der Waals surface area contributed by atoms with Crippen molar-refractivity contribution in [3.8, 4) is 11.5 Å². The second kappa shape index (κ2) is 8.02. The van der Waals surface area contributed by atoms with Crippen molar-refractivity contribution in [3.63, 3.8) is 0 Å². The summed E-state index contributed by atoms with van der Waals surface area (Å²) in [6.07, 6.45) is 1.47. The van der Waals surface area contributed by atoms with Crippen LogP contribution in [0.1, 0.15) is 36.6 Å². The zero-order valence-electron chi connectivity index (χ0n) is 17.5. The van der Waals surface area contributed by atoms with Crippen molar-refractivity contribution in [3.05, 3.63) is 76.8 Å². The van der Waals surface area contributed by atoms with E-state index in [-0.39, 0.29) is 11.8 Å². The molecule has 30 heavy (non-hydrogen) atoms. The van der Waals surface area contributed by atoms with Crippen molar-refractivity contribution < 1.29 is 14.3 Å². The number of anilines is 1. The molecule has 0 radical (unpaired) electrons. The lowest BCUT2D eigenvalue weighted by atomic mass is 9.93. The van der Waals surface area contributed by atoms with Crippen molar-refractivity contribution in [1.29, 1.82) is 0 Å². The van der Waals surface area contributed by atoms with E-state index in [0.717, 1.165) is 16.8 Å². The third kappa shape index (κ3) is 3.54. The number of aryl methyl sites for hydroxylation is 1. The molecule has 0 aliphatic carbocycles. The highest BCUT2D eigenvalue weighted by Gasteiger charge is 2.32. The minimum absolute atomic E-state index is 0.0232. The summed E-state index contributed by atoms with van der Waals surface area (Å²) in [6.45, 7) is 5.94. The smallest absolute Gasteiger partial charge is 0.226 e. The first kappa shape index (κ1) is 19.7. The lowest BCUT2D eigenvalue weighted by Crippen LogP contribution is -2.27. The van der Waals surface area contributed by atoms with E-state index < -0.39 is 0 Å². The van der Waals surface area contributed by atoms with E-state index in [0.29, 0.717) is 29.6 Å². The predicted molar refractivity (Wildman–Crippen MR) is 114 cm³/mol. The van der Waals surface area contributed by atoms with Crippen LogP contribution in [0.2, 0.25) is 0 Å². The number of nitrogens with zero attached hydrogens (tertiary/aromatic N) is 3. The van der Waals surface area contributed by atoms with E-state index in [1.807, 2.05) is 43.3 Å². The molecule has 7 nitrogen and oxygen atoms in total. The van der Waals surface area contributed by atoms with Crippen molar-refractivity contribution in [1.82, 2.24) is 14.8 Å².